The van der Waals surface area contributed by atoms with Gasteiger partial charge in [-0.25, -0.2) is 8.42 Å². The van der Waals surface area contributed by atoms with Crippen LogP contribution in [-0.4, -0.2) is 67.8 Å². The van der Waals surface area contributed by atoms with Crippen molar-refractivity contribution >= 4 is 10.0 Å². The van der Waals surface area contributed by atoms with Crippen molar-refractivity contribution in [2.24, 2.45) is 0 Å². The van der Waals surface area contributed by atoms with Gasteiger partial charge in [0.2, 0.25) is 10.0 Å². The zero-order valence-electron chi connectivity index (χ0n) is 10.9. The summed E-state index contributed by atoms with van der Waals surface area (Å²) in [4.78, 5) is 2.34. The molecule has 2 saturated heterocycles. The van der Waals surface area contributed by atoms with Crippen LogP contribution in [0.2, 0.25) is 0 Å². The molecule has 0 spiro atoms. The summed E-state index contributed by atoms with van der Waals surface area (Å²) in [5.74, 6) is 0. The predicted octanol–water partition coefficient (Wildman–Crippen LogP) is 0.274. The Morgan fingerprint density at radius 3 is 2.67 bits per heavy atom. The lowest BCUT2D eigenvalue weighted by Gasteiger charge is -2.46. The van der Waals surface area contributed by atoms with Gasteiger partial charge in [0.15, 0.2) is 0 Å². The first-order chi connectivity index (χ1) is 8.63. The third-order valence-corrected chi connectivity index (χ3v) is 6.76. The van der Waals surface area contributed by atoms with E-state index in [1.165, 1.54) is 0 Å². The van der Waals surface area contributed by atoms with Gasteiger partial charge in [0.05, 0.1) is 24.0 Å². The van der Waals surface area contributed by atoms with Gasteiger partial charge in [0.1, 0.15) is 0 Å². The quantitative estimate of drug-likeness (QED) is 0.741. The lowest BCUT2D eigenvalue weighted by Crippen LogP contribution is -2.60. The first-order valence-electron chi connectivity index (χ1n) is 6.97. The smallest absolute Gasteiger partial charge is 0.217 e. The number of nitrogens with zero attached hydrogens (tertiary/aromatic N) is 2. The van der Waals surface area contributed by atoms with Crippen LogP contribution in [0, 0.1) is 0 Å². The van der Waals surface area contributed by atoms with Crippen molar-refractivity contribution in [2.45, 2.75) is 43.6 Å². The molecule has 0 aromatic rings. The number of fused-ring (bicyclic) bond motifs is 1. The second kappa shape index (κ2) is 4.74. The molecule has 6 heteroatoms. The largest absolute Gasteiger partial charge is 0.374 e. The molecule has 0 bridgehead atoms. The monoisotopic (exact) mass is 274 g/mol. The molecule has 0 unspecified atom stereocenters. The maximum atomic E-state index is 12.4. The Morgan fingerprint density at radius 1 is 1.22 bits per heavy atom. The number of likely N-dealkylation sites (tertiary alicyclic amines) is 1. The second-order valence-corrected chi connectivity index (χ2v) is 7.68. The van der Waals surface area contributed by atoms with E-state index >= 15 is 0 Å². The summed E-state index contributed by atoms with van der Waals surface area (Å²) in [7, 11) is -3.05. The van der Waals surface area contributed by atoms with Gasteiger partial charge in [-0.05, 0) is 32.4 Å². The summed E-state index contributed by atoms with van der Waals surface area (Å²) in [5.41, 5.74) is 0. The molecule has 3 fully saturated rings. The summed E-state index contributed by atoms with van der Waals surface area (Å²) in [6.07, 6.45) is 2.67. The number of sulfonamides is 1. The molecule has 0 N–H and O–H groups in total. The number of hydrogen-bond acceptors (Lipinski definition) is 4. The predicted molar refractivity (Wildman–Crippen MR) is 68.9 cm³/mol. The SMILES string of the molecule is CCN1CC[C@H]2[C@H](C1)OCCN2S(=O)(=O)C1CC1. The zero-order valence-corrected chi connectivity index (χ0v) is 11.7. The van der Waals surface area contributed by atoms with Gasteiger partial charge < -0.3 is 9.64 Å². The highest BCUT2D eigenvalue weighted by Gasteiger charge is 2.47. The van der Waals surface area contributed by atoms with Crippen molar-refractivity contribution in [3.63, 3.8) is 0 Å². The molecule has 5 nitrogen and oxygen atoms in total. The van der Waals surface area contributed by atoms with Crippen LogP contribution in [0.5, 0.6) is 0 Å². The van der Waals surface area contributed by atoms with E-state index in [-0.39, 0.29) is 17.4 Å². The number of likely N-dealkylation sites (N-methyl/N-ethyl adjacent to an activating group) is 1. The van der Waals surface area contributed by atoms with Crippen molar-refractivity contribution in [1.82, 2.24) is 9.21 Å². The molecule has 0 aromatic carbocycles. The Kier molecular flexibility index (Phi) is 3.38. The molecule has 1 aliphatic carbocycles. The van der Waals surface area contributed by atoms with Crippen molar-refractivity contribution < 1.29 is 13.2 Å². The van der Waals surface area contributed by atoms with E-state index in [9.17, 15) is 8.42 Å². The van der Waals surface area contributed by atoms with Gasteiger partial charge in [-0.1, -0.05) is 6.92 Å². The average molecular weight is 274 g/mol. The van der Waals surface area contributed by atoms with E-state index in [1.54, 1.807) is 4.31 Å². The van der Waals surface area contributed by atoms with Crippen LogP contribution in [0.4, 0.5) is 0 Å². The number of rotatable bonds is 3. The van der Waals surface area contributed by atoms with Gasteiger partial charge >= 0.3 is 0 Å². The molecular weight excluding hydrogens is 252 g/mol. The molecule has 0 radical (unpaired) electrons. The lowest BCUT2D eigenvalue weighted by molar-refractivity contribution is -0.0773. The molecule has 2 heterocycles. The van der Waals surface area contributed by atoms with Crippen LogP contribution < -0.4 is 0 Å². The van der Waals surface area contributed by atoms with Crippen LogP contribution in [0.1, 0.15) is 26.2 Å². The van der Waals surface area contributed by atoms with Gasteiger partial charge in [-0.2, -0.15) is 4.31 Å². The van der Waals surface area contributed by atoms with Crippen LogP contribution in [-0.2, 0) is 14.8 Å². The van der Waals surface area contributed by atoms with Gasteiger partial charge in [-0.3, -0.25) is 0 Å². The standard InChI is InChI=1S/C12H22N2O3S/c1-2-13-6-5-11-12(9-13)17-8-7-14(11)18(15,16)10-3-4-10/h10-12H,2-9H2,1H3/t11-,12-/m0/s1. The van der Waals surface area contributed by atoms with Crippen LogP contribution in [0.25, 0.3) is 0 Å². The first kappa shape index (κ1) is 12.8. The van der Waals surface area contributed by atoms with Crippen molar-refractivity contribution in [3.05, 3.63) is 0 Å². The molecule has 1 saturated carbocycles. The summed E-state index contributed by atoms with van der Waals surface area (Å²) >= 11 is 0. The lowest BCUT2D eigenvalue weighted by atomic mass is 10.0. The highest BCUT2D eigenvalue weighted by atomic mass is 32.2. The minimum absolute atomic E-state index is 0.0703. The molecule has 18 heavy (non-hydrogen) atoms. The molecule has 0 amide bonds. The molecule has 3 rings (SSSR count). The van der Waals surface area contributed by atoms with Crippen LogP contribution >= 0.6 is 0 Å². The van der Waals surface area contributed by atoms with Crippen molar-refractivity contribution in [3.8, 4) is 0 Å². The Hall–Kier alpha value is -0.170. The van der Waals surface area contributed by atoms with Gasteiger partial charge in [-0.15, -0.1) is 0 Å². The van der Waals surface area contributed by atoms with E-state index in [4.69, 9.17) is 4.74 Å². The summed E-state index contributed by atoms with van der Waals surface area (Å²) in [5, 5.41) is -0.0968. The fourth-order valence-electron chi connectivity index (χ4n) is 3.08. The molecule has 2 atom stereocenters. The Morgan fingerprint density at radius 2 is 2.00 bits per heavy atom. The molecular formula is C12H22N2O3S. The number of ether oxygens (including phenoxy) is 1. The second-order valence-electron chi connectivity index (χ2n) is 5.51. The third kappa shape index (κ3) is 2.19. The van der Waals surface area contributed by atoms with Crippen LogP contribution in [0.15, 0.2) is 0 Å². The number of hydrogen-bond donors (Lipinski definition) is 0. The third-order valence-electron chi connectivity index (χ3n) is 4.34. The van der Waals surface area contributed by atoms with E-state index in [0.717, 1.165) is 38.9 Å². The van der Waals surface area contributed by atoms with E-state index in [2.05, 4.69) is 11.8 Å². The molecule has 104 valence electrons. The fraction of sp³-hybridized carbons (Fsp3) is 1.00. The van der Waals surface area contributed by atoms with Crippen LogP contribution in [0.3, 0.4) is 0 Å². The normalized spacial score (nSPS) is 35.4. The number of piperidine rings is 1. The first-order valence-corrected chi connectivity index (χ1v) is 8.48. The van der Waals surface area contributed by atoms with E-state index in [0.29, 0.717) is 13.2 Å². The average Bonchev–Trinajstić information content (AvgIpc) is 3.21. The summed E-state index contributed by atoms with van der Waals surface area (Å²) in [6, 6.07) is 0.0761. The van der Waals surface area contributed by atoms with Crippen molar-refractivity contribution in [2.75, 3.05) is 32.8 Å². The highest BCUT2D eigenvalue weighted by molar-refractivity contribution is 7.90. The minimum Gasteiger partial charge on any atom is -0.374 e. The van der Waals surface area contributed by atoms with Crippen molar-refractivity contribution in [1.29, 1.82) is 0 Å². The number of morpholine rings is 1. The topological polar surface area (TPSA) is 49.9 Å². The minimum atomic E-state index is -3.05. The zero-order chi connectivity index (χ0) is 12.8. The Labute approximate surface area is 109 Å². The van der Waals surface area contributed by atoms with E-state index in [1.807, 2.05) is 0 Å². The molecule has 2 aliphatic heterocycles. The van der Waals surface area contributed by atoms with E-state index < -0.39 is 10.0 Å². The maximum absolute atomic E-state index is 12.4. The Bertz CT molecular complexity index is 408. The molecule has 3 aliphatic rings. The summed E-state index contributed by atoms with van der Waals surface area (Å²) < 4.78 is 32.4. The fourth-order valence-corrected chi connectivity index (χ4v) is 5.14. The summed E-state index contributed by atoms with van der Waals surface area (Å²) in [6.45, 7) is 6.11. The Balaban J connectivity index is 1.76. The maximum Gasteiger partial charge on any atom is 0.217 e. The highest BCUT2D eigenvalue weighted by Crippen LogP contribution is 2.35. The van der Waals surface area contributed by atoms with Gasteiger partial charge in [0.25, 0.3) is 0 Å². The molecule has 0 aromatic heterocycles. The van der Waals surface area contributed by atoms with Gasteiger partial charge in [0, 0.05) is 13.1 Å².